The highest BCUT2D eigenvalue weighted by atomic mass is 79.9. The van der Waals surface area contributed by atoms with Gasteiger partial charge in [-0.05, 0) is 36.2 Å². The van der Waals surface area contributed by atoms with Crippen LogP contribution in [0, 0.1) is 6.92 Å². The molecule has 0 radical (unpaired) electrons. The van der Waals surface area contributed by atoms with Gasteiger partial charge in [-0.3, -0.25) is 0 Å². The molecule has 6 heteroatoms. The third-order valence-electron chi connectivity index (χ3n) is 2.86. The summed E-state index contributed by atoms with van der Waals surface area (Å²) in [6.45, 7) is 2.26. The number of primary sulfonamides is 1. The van der Waals surface area contributed by atoms with Gasteiger partial charge in [0.2, 0.25) is 10.0 Å². The van der Waals surface area contributed by atoms with E-state index in [4.69, 9.17) is 9.88 Å². The van der Waals surface area contributed by atoms with E-state index in [-0.39, 0.29) is 17.3 Å². The van der Waals surface area contributed by atoms with Crippen molar-refractivity contribution < 1.29 is 13.2 Å². The van der Waals surface area contributed by atoms with E-state index in [1.807, 2.05) is 31.2 Å². The van der Waals surface area contributed by atoms with Crippen molar-refractivity contribution in [2.45, 2.75) is 18.4 Å². The van der Waals surface area contributed by atoms with Crippen molar-refractivity contribution in [2.75, 3.05) is 0 Å². The van der Waals surface area contributed by atoms with Gasteiger partial charge < -0.3 is 4.74 Å². The Balaban J connectivity index is 2.29. The molecule has 0 amide bonds. The molecule has 106 valence electrons. The Hall–Kier alpha value is -1.37. The number of nitrogens with two attached hydrogens (primary N) is 1. The standard InChI is InChI=1S/C14H14BrNO3S/c1-10-4-2-3-5-11(10)9-19-13-7-6-12(15)8-14(13)20(16,17)18/h2-8H,9H2,1H3,(H2,16,17,18). The second kappa shape index (κ2) is 5.95. The van der Waals surface area contributed by atoms with Crippen molar-refractivity contribution in [3.63, 3.8) is 0 Å². The zero-order valence-electron chi connectivity index (χ0n) is 10.8. The normalized spacial score (nSPS) is 11.3. The lowest BCUT2D eigenvalue weighted by Crippen LogP contribution is -2.14. The second-order valence-electron chi connectivity index (χ2n) is 4.35. The highest BCUT2D eigenvalue weighted by Gasteiger charge is 2.16. The van der Waals surface area contributed by atoms with Crippen LogP contribution in [-0.4, -0.2) is 8.42 Å². The molecule has 0 saturated carbocycles. The van der Waals surface area contributed by atoms with E-state index < -0.39 is 10.0 Å². The van der Waals surface area contributed by atoms with Crippen molar-refractivity contribution in [2.24, 2.45) is 5.14 Å². The van der Waals surface area contributed by atoms with Crippen molar-refractivity contribution in [1.29, 1.82) is 0 Å². The van der Waals surface area contributed by atoms with Crippen LogP contribution in [0.4, 0.5) is 0 Å². The first-order valence-electron chi connectivity index (χ1n) is 5.87. The molecule has 0 aliphatic heterocycles. The van der Waals surface area contributed by atoms with Gasteiger partial charge in [0.05, 0.1) is 0 Å². The van der Waals surface area contributed by atoms with E-state index in [0.717, 1.165) is 11.1 Å². The van der Waals surface area contributed by atoms with E-state index in [1.165, 1.54) is 6.07 Å². The highest BCUT2D eigenvalue weighted by molar-refractivity contribution is 9.10. The Kier molecular flexibility index (Phi) is 4.47. The fourth-order valence-electron chi connectivity index (χ4n) is 1.75. The summed E-state index contributed by atoms with van der Waals surface area (Å²) >= 11 is 3.22. The van der Waals surface area contributed by atoms with Gasteiger partial charge in [-0.1, -0.05) is 40.2 Å². The second-order valence-corrected chi connectivity index (χ2v) is 6.80. The Morgan fingerprint density at radius 3 is 2.55 bits per heavy atom. The average Bonchev–Trinajstić information content (AvgIpc) is 2.38. The van der Waals surface area contributed by atoms with Gasteiger partial charge >= 0.3 is 0 Å². The minimum Gasteiger partial charge on any atom is -0.487 e. The van der Waals surface area contributed by atoms with Crippen LogP contribution in [0.15, 0.2) is 51.8 Å². The molecule has 0 bridgehead atoms. The Bertz CT molecular complexity index is 729. The van der Waals surface area contributed by atoms with E-state index in [0.29, 0.717) is 4.47 Å². The fourth-order valence-corrected chi connectivity index (χ4v) is 2.96. The van der Waals surface area contributed by atoms with Crippen LogP contribution < -0.4 is 9.88 Å². The fraction of sp³-hybridized carbons (Fsp3) is 0.143. The monoisotopic (exact) mass is 355 g/mol. The number of halogens is 1. The van der Waals surface area contributed by atoms with E-state index >= 15 is 0 Å². The molecular formula is C14H14BrNO3S. The Labute approximate surface area is 126 Å². The molecule has 2 rings (SSSR count). The summed E-state index contributed by atoms with van der Waals surface area (Å²) < 4.78 is 29.4. The van der Waals surface area contributed by atoms with Crippen LogP contribution in [-0.2, 0) is 16.6 Å². The predicted molar refractivity (Wildman–Crippen MR) is 81.0 cm³/mol. The number of benzene rings is 2. The van der Waals surface area contributed by atoms with E-state index in [1.54, 1.807) is 12.1 Å². The molecule has 4 nitrogen and oxygen atoms in total. The molecule has 20 heavy (non-hydrogen) atoms. The van der Waals surface area contributed by atoms with Crippen LogP contribution in [0.5, 0.6) is 5.75 Å². The van der Waals surface area contributed by atoms with Gasteiger partial charge in [-0.25, -0.2) is 13.6 Å². The van der Waals surface area contributed by atoms with Crippen LogP contribution in [0.25, 0.3) is 0 Å². The number of rotatable bonds is 4. The Morgan fingerprint density at radius 2 is 1.90 bits per heavy atom. The quantitative estimate of drug-likeness (QED) is 0.916. The lowest BCUT2D eigenvalue weighted by molar-refractivity contribution is 0.297. The number of hydrogen-bond donors (Lipinski definition) is 1. The molecule has 2 N–H and O–H groups in total. The van der Waals surface area contributed by atoms with Gasteiger partial charge in [-0.2, -0.15) is 0 Å². The van der Waals surface area contributed by atoms with Crippen molar-refractivity contribution in [3.05, 3.63) is 58.1 Å². The molecular weight excluding hydrogens is 342 g/mol. The lowest BCUT2D eigenvalue weighted by atomic mass is 10.1. The summed E-state index contributed by atoms with van der Waals surface area (Å²) in [5, 5.41) is 5.20. The SMILES string of the molecule is Cc1ccccc1COc1ccc(Br)cc1S(N)(=O)=O. The summed E-state index contributed by atoms with van der Waals surface area (Å²) in [7, 11) is -3.83. The average molecular weight is 356 g/mol. The van der Waals surface area contributed by atoms with Gasteiger partial charge in [0.1, 0.15) is 17.3 Å². The zero-order chi connectivity index (χ0) is 14.8. The van der Waals surface area contributed by atoms with E-state index in [2.05, 4.69) is 15.9 Å². The summed E-state index contributed by atoms with van der Waals surface area (Å²) in [5.74, 6) is 0.249. The number of aryl methyl sites for hydroxylation is 1. The van der Waals surface area contributed by atoms with Gasteiger partial charge in [0.15, 0.2) is 0 Å². The van der Waals surface area contributed by atoms with Crippen LogP contribution >= 0.6 is 15.9 Å². The van der Waals surface area contributed by atoms with E-state index in [9.17, 15) is 8.42 Å². The molecule has 2 aromatic rings. The largest absolute Gasteiger partial charge is 0.487 e. The molecule has 0 saturated heterocycles. The van der Waals surface area contributed by atoms with Crippen molar-refractivity contribution in [3.8, 4) is 5.75 Å². The summed E-state index contributed by atoms with van der Waals surface area (Å²) in [6.07, 6.45) is 0. The maximum absolute atomic E-state index is 11.6. The molecule has 2 aromatic carbocycles. The minimum absolute atomic E-state index is 0.0274. The minimum atomic E-state index is -3.83. The first-order valence-corrected chi connectivity index (χ1v) is 8.21. The zero-order valence-corrected chi connectivity index (χ0v) is 13.2. The molecule has 0 atom stereocenters. The number of ether oxygens (including phenoxy) is 1. The lowest BCUT2D eigenvalue weighted by Gasteiger charge is -2.12. The van der Waals surface area contributed by atoms with Crippen LogP contribution in [0.3, 0.4) is 0 Å². The van der Waals surface area contributed by atoms with Crippen LogP contribution in [0.1, 0.15) is 11.1 Å². The molecule has 0 aromatic heterocycles. The molecule has 0 aliphatic rings. The van der Waals surface area contributed by atoms with Gasteiger partial charge in [-0.15, -0.1) is 0 Å². The van der Waals surface area contributed by atoms with Crippen molar-refractivity contribution >= 4 is 26.0 Å². The van der Waals surface area contributed by atoms with Gasteiger partial charge in [0, 0.05) is 4.47 Å². The number of sulfonamides is 1. The Morgan fingerprint density at radius 1 is 1.20 bits per heavy atom. The highest BCUT2D eigenvalue weighted by Crippen LogP contribution is 2.27. The third kappa shape index (κ3) is 3.59. The molecule has 0 aliphatic carbocycles. The first-order chi connectivity index (χ1) is 9.38. The molecule has 0 spiro atoms. The summed E-state index contributed by atoms with van der Waals surface area (Å²) in [6, 6.07) is 12.5. The summed E-state index contributed by atoms with van der Waals surface area (Å²) in [5.41, 5.74) is 2.08. The smallest absolute Gasteiger partial charge is 0.241 e. The predicted octanol–water partition coefficient (Wildman–Crippen LogP) is 2.98. The molecule has 0 heterocycles. The molecule has 0 fully saturated rings. The van der Waals surface area contributed by atoms with Crippen LogP contribution in [0.2, 0.25) is 0 Å². The first kappa shape index (κ1) is 15.0. The topological polar surface area (TPSA) is 69.4 Å². The number of hydrogen-bond acceptors (Lipinski definition) is 3. The van der Waals surface area contributed by atoms with Gasteiger partial charge in [0.25, 0.3) is 0 Å². The van der Waals surface area contributed by atoms with Crippen molar-refractivity contribution in [1.82, 2.24) is 0 Å². The summed E-state index contributed by atoms with van der Waals surface area (Å²) in [4.78, 5) is -0.0274. The molecule has 0 unspecified atom stereocenters. The third-order valence-corrected chi connectivity index (χ3v) is 4.28. The maximum atomic E-state index is 11.6. The maximum Gasteiger partial charge on any atom is 0.241 e.